The Balaban J connectivity index is 1.60. The third-order valence-corrected chi connectivity index (χ3v) is 5.24. The number of likely N-dealkylation sites (tertiary alicyclic amines) is 1. The summed E-state index contributed by atoms with van der Waals surface area (Å²) in [5, 5.41) is 3.24. The number of fused-ring (bicyclic) bond motifs is 1. The molecule has 17 heavy (non-hydrogen) atoms. The van der Waals surface area contributed by atoms with Gasteiger partial charge in [-0.2, -0.15) is 0 Å². The number of aromatic nitrogens is 1. The van der Waals surface area contributed by atoms with Crippen LogP contribution in [-0.4, -0.2) is 23.0 Å². The fraction of sp³-hybridized carbons (Fsp3) is 0.769. The molecule has 1 saturated carbocycles. The van der Waals surface area contributed by atoms with Crippen molar-refractivity contribution in [3.8, 4) is 0 Å². The quantitative estimate of drug-likeness (QED) is 0.897. The Labute approximate surface area is 107 Å². The maximum atomic E-state index is 5.84. The van der Waals surface area contributed by atoms with Gasteiger partial charge < -0.3 is 5.73 Å². The van der Waals surface area contributed by atoms with Crippen molar-refractivity contribution in [2.75, 3.05) is 13.1 Å². The van der Waals surface area contributed by atoms with Gasteiger partial charge in [-0.3, -0.25) is 4.90 Å². The van der Waals surface area contributed by atoms with Gasteiger partial charge in [0.05, 0.1) is 11.7 Å². The van der Waals surface area contributed by atoms with E-state index in [2.05, 4.69) is 15.3 Å². The molecule has 94 valence electrons. The number of rotatable bonds is 3. The van der Waals surface area contributed by atoms with Crippen molar-refractivity contribution in [3.05, 3.63) is 16.1 Å². The van der Waals surface area contributed by atoms with Crippen LogP contribution in [0.1, 0.15) is 42.9 Å². The molecule has 4 heteroatoms. The van der Waals surface area contributed by atoms with Gasteiger partial charge in [-0.05, 0) is 31.6 Å². The molecule has 2 aliphatic rings. The van der Waals surface area contributed by atoms with E-state index in [9.17, 15) is 0 Å². The molecule has 2 heterocycles. The fourth-order valence-corrected chi connectivity index (χ4v) is 4.06. The molecule has 3 atom stereocenters. The number of nitrogens with zero attached hydrogens (tertiary/aromatic N) is 2. The second-order valence-corrected chi connectivity index (χ2v) is 6.50. The maximum absolute atomic E-state index is 5.84. The fourth-order valence-electron chi connectivity index (χ4n) is 3.29. The molecule has 1 aliphatic heterocycles. The SMILES string of the molecule is CC(N)c1nc(CN2CC3CCCC3C2)cs1. The minimum absolute atomic E-state index is 0.0757. The molecule has 0 spiro atoms. The van der Waals surface area contributed by atoms with E-state index in [0.717, 1.165) is 23.4 Å². The predicted molar refractivity (Wildman–Crippen MR) is 70.8 cm³/mol. The van der Waals surface area contributed by atoms with E-state index < -0.39 is 0 Å². The van der Waals surface area contributed by atoms with Gasteiger partial charge in [0, 0.05) is 25.0 Å². The minimum atomic E-state index is 0.0757. The maximum Gasteiger partial charge on any atom is 0.109 e. The van der Waals surface area contributed by atoms with Gasteiger partial charge in [-0.15, -0.1) is 11.3 Å². The molecule has 0 amide bonds. The molecule has 2 N–H and O–H groups in total. The van der Waals surface area contributed by atoms with E-state index in [0.29, 0.717) is 0 Å². The lowest BCUT2D eigenvalue weighted by Gasteiger charge is -2.14. The van der Waals surface area contributed by atoms with Crippen LogP contribution < -0.4 is 5.73 Å². The van der Waals surface area contributed by atoms with E-state index in [1.165, 1.54) is 38.0 Å². The van der Waals surface area contributed by atoms with Crippen LogP contribution >= 0.6 is 11.3 Å². The molecule has 2 fully saturated rings. The van der Waals surface area contributed by atoms with Crippen LogP contribution in [-0.2, 0) is 6.54 Å². The summed E-state index contributed by atoms with van der Waals surface area (Å²) in [6.07, 6.45) is 4.35. The first-order valence-corrected chi connectivity index (χ1v) is 7.52. The van der Waals surface area contributed by atoms with Crippen molar-refractivity contribution in [2.24, 2.45) is 17.6 Å². The van der Waals surface area contributed by atoms with Crippen molar-refractivity contribution < 1.29 is 0 Å². The van der Waals surface area contributed by atoms with Gasteiger partial charge in [0.1, 0.15) is 5.01 Å². The Kier molecular flexibility index (Phi) is 3.19. The molecule has 1 aromatic rings. The summed E-state index contributed by atoms with van der Waals surface area (Å²) in [5.41, 5.74) is 7.05. The Bertz CT molecular complexity index is 376. The van der Waals surface area contributed by atoms with Crippen molar-refractivity contribution >= 4 is 11.3 Å². The summed E-state index contributed by atoms with van der Waals surface area (Å²) in [6, 6.07) is 0.0757. The Morgan fingerprint density at radius 3 is 2.76 bits per heavy atom. The lowest BCUT2D eigenvalue weighted by Crippen LogP contribution is -2.21. The summed E-state index contributed by atoms with van der Waals surface area (Å²) >= 11 is 1.70. The molecule has 1 aromatic heterocycles. The van der Waals surface area contributed by atoms with Crippen molar-refractivity contribution in [2.45, 2.75) is 38.8 Å². The third-order valence-electron chi connectivity index (χ3n) is 4.15. The van der Waals surface area contributed by atoms with Crippen molar-refractivity contribution in [3.63, 3.8) is 0 Å². The van der Waals surface area contributed by atoms with E-state index >= 15 is 0 Å². The van der Waals surface area contributed by atoms with Gasteiger partial charge in [0.2, 0.25) is 0 Å². The molecule has 1 aliphatic carbocycles. The summed E-state index contributed by atoms with van der Waals surface area (Å²) in [5.74, 6) is 1.95. The van der Waals surface area contributed by atoms with E-state index in [-0.39, 0.29) is 6.04 Å². The molecule has 0 aromatic carbocycles. The van der Waals surface area contributed by atoms with Gasteiger partial charge in [0.25, 0.3) is 0 Å². The lowest BCUT2D eigenvalue weighted by atomic mass is 10.0. The van der Waals surface area contributed by atoms with Gasteiger partial charge in [0.15, 0.2) is 0 Å². The van der Waals surface area contributed by atoms with Gasteiger partial charge in [-0.25, -0.2) is 4.98 Å². The first-order valence-electron chi connectivity index (χ1n) is 6.64. The van der Waals surface area contributed by atoms with Crippen LogP contribution in [0, 0.1) is 11.8 Å². The molecular weight excluding hydrogens is 230 g/mol. The molecule has 1 saturated heterocycles. The van der Waals surface area contributed by atoms with Crippen LogP contribution in [0.25, 0.3) is 0 Å². The first kappa shape index (κ1) is 11.6. The molecule has 3 nitrogen and oxygen atoms in total. The highest BCUT2D eigenvalue weighted by Gasteiger charge is 2.35. The van der Waals surface area contributed by atoms with Crippen LogP contribution in [0.4, 0.5) is 0 Å². The third kappa shape index (κ3) is 2.39. The largest absolute Gasteiger partial charge is 0.322 e. The van der Waals surface area contributed by atoms with E-state index in [1.807, 2.05) is 6.92 Å². The average Bonchev–Trinajstić information content (AvgIpc) is 2.91. The minimum Gasteiger partial charge on any atom is -0.322 e. The lowest BCUT2D eigenvalue weighted by molar-refractivity contribution is 0.300. The average molecular weight is 251 g/mol. The molecule has 0 radical (unpaired) electrons. The normalized spacial score (nSPS) is 30.7. The Hall–Kier alpha value is -0.450. The topological polar surface area (TPSA) is 42.1 Å². The number of hydrogen-bond donors (Lipinski definition) is 1. The monoisotopic (exact) mass is 251 g/mol. The zero-order valence-electron chi connectivity index (χ0n) is 10.4. The zero-order chi connectivity index (χ0) is 11.8. The van der Waals surface area contributed by atoms with E-state index in [1.54, 1.807) is 11.3 Å². The highest BCUT2D eigenvalue weighted by molar-refractivity contribution is 7.09. The predicted octanol–water partition coefficient (Wildman–Crippen LogP) is 2.39. The first-order chi connectivity index (χ1) is 8.22. The summed E-state index contributed by atoms with van der Waals surface area (Å²) in [7, 11) is 0. The van der Waals surface area contributed by atoms with Crippen molar-refractivity contribution in [1.82, 2.24) is 9.88 Å². The van der Waals surface area contributed by atoms with Gasteiger partial charge >= 0.3 is 0 Å². The van der Waals surface area contributed by atoms with Gasteiger partial charge in [-0.1, -0.05) is 6.42 Å². The molecule has 0 bridgehead atoms. The van der Waals surface area contributed by atoms with Crippen molar-refractivity contribution in [1.29, 1.82) is 0 Å². The molecule has 3 rings (SSSR count). The van der Waals surface area contributed by atoms with Crippen LogP contribution in [0.5, 0.6) is 0 Å². The molecular formula is C13H21N3S. The number of thiazole rings is 1. The summed E-state index contributed by atoms with van der Waals surface area (Å²) in [6.45, 7) is 5.60. The second-order valence-electron chi connectivity index (χ2n) is 5.61. The highest BCUT2D eigenvalue weighted by Crippen LogP contribution is 2.38. The number of nitrogens with two attached hydrogens (primary N) is 1. The zero-order valence-corrected chi connectivity index (χ0v) is 11.2. The molecule has 3 unspecified atom stereocenters. The standard InChI is InChI=1S/C13H21N3S/c1-9(14)13-15-12(8-17-13)7-16-5-10-3-2-4-11(10)6-16/h8-11H,2-7,14H2,1H3. The van der Waals surface area contributed by atoms with E-state index in [4.69, 9.17) is 5.73 Å². The van der Waals surface area contributed by atoms with Crippen LogP contribution in [0.2, 0.25) is 0 Å². The Morgan fingerprint density at radius 2 is 2.18 bits per heavy atom. The smallest absolute Gasteiger partial charge is 0.109 e. The summed E-state index contributed by atoms with van der Waals surface area (Å²) in [4.78, 5) is 7.20. The second kappa shape index (κ2) is 4.67. The summed E-state index contributed by atoms with van der Waals surface area (Å²) < 4.78 is 0. The number of hydrogen-bond acceptors (Lipinski definition) is 4. The Morgan fingerprint density at radius 1 is 1.47 bits per heavy atom. The highest BCUT2D eigenvalue weighted by atomic mass is 32.1. The van der Waals surface area contributed by atoms with Crippen LogP contribution in [0.3, 0.4) is 0 Å². The van der Waals surface area contributed by atoms with Crippen LogP contribution in [0.15, 0.2) is 5.38 Å².